The van der Waals surface area contributed by atoms with E-state index in [9.17, 15) is 9.59 Å². The monoisotopic (exact) mass is 474 g/mol. The summed E-state index contributed by atoms with van der Waals surface area (Å²) in [7, 11) is 0. The predicted molar refractivity (Wildman–Crippen MR) is 124 cm³/mol. The minimum atomic E-state index is -0.597. The van der Waals surface area contributed by atoms with Crippen molar-refractivity contribution in [3.05, 3.63) is 63.6 Å². The first kappa shape index (κ1) is 23.9. The van der Waals surface area contributed by atoms with E-state index in [2.05, 4.69) is 28.2 Å². The van der Waals surface area contributed by atoms with E-state index in [1.165, 1.54) is 5.56 Å². The Morgan fingerprint density at radius 1 is 1.10 bits per heavy atom. The van der Waals surface area contributed by atoms with E-state index in [-0.39, 0.29) is 18.4 Å². The van der Waals surface area contributed by atoms with Crippen molar-refractivity contribution in [2.24, 2.45) is 0 Å². The number of amides is 2. The van der Waals surface area contributed by atoms with Gasteiger partial charge in [0.1, 0.15) is 11.8 Å². The first-order valence-corrected chi connectivity index (χ1v) is 11.2. The van der Waals surface area contributed by atoms with Gasteiger partial charge in [-0.25, -0.2) is 0 Å². The van der Waals surface area contributed by atoms with Crippen LogP contribution in [-0.4, -0.2) is 35.9 Å². The molecular formula is C24H31BrN2O3. The molecule has 0 heterocycles. The third-order valence-electron chi connectivity index (χ3n) is 4.95. The SMILES string of the molecule is CCCNC(=O)[C@@H](C)N(Cc1ccc(C)cc1)C(=O)COc1ccc(CC)cc1Br. The third-order valence-corrected chi connectivity index (χ3v) is 5.57. The van der Waals surface area contributed by atoms with Crippen LogP contribution in [0.4, 0.5) is 0 Å². The number of hydrogen-bond donors (Lipinski definition) is 1. The highest BCUT2D eigenvalue weighted by Gasteiger charge is 2.26. The molecule has 0 radical (unpaired) electrons. The van der Waals surface area contributed by atoms with Gasteiger partial charge in [0.15, 0.2) is 6.61 Å². The Morgan fingerprint density at radius 3 is 2.37 bits per heavy atom. The van der Waals surface area contributed by atoms with Crippen molar-refractivity contribution in [3.63, 3.8) is 0 Å². The molecule has 30 heavy (non-hydrogen) atoms. The topological polar surface area (TPSA) is 58.6 Å². The number of benzene rings is 2. The van der Waals surface area contributed by atoms with Crippen LogP contribution in [0.1, 0.15) is 43.9 Å². The normalized spacial score (nSPS) is 11.6. The Balaban J connectivity index is 2.14. The Hall–Kier alpha value is -2.34. The molecule has 0 aliphatic carbocycles. The molecule has 0 aliphatic rings. The number of carbonyl (C=O) groups is 2. The molecule has 0 unspecified atom stereocenters. The molecule has 6 heteroatoms. The lowest BCUT2D eigenvalue weighted by Gasteiger charge is -2.29. The lowest BCUT2D eigenvalue weighted by atomic mass is 10.1. The Morgan fingerprint density at radius 2 is 1.77 bits per heavy atom. The summed E-state index contributed by atoms with van der Waals surface area (Å²) in [6, 6.07) is 13.2. The summed E-state index contributed by atoms with van der Waals surface area (Å²) in [6.45, 7) is 8.64. The van der Waals surface area contributed by atoms with Crippen LogP contribution in [0, 0.1) is 6.92 Å². The van der Waals surface area contributed by atoms with Crippen molar-refractivity contribution in [1.82, 2.24) is 10.2 Å². The Kier molecular flexibility index (Phi) is 9.37. The summed E-state index contributed by atoms with van der Waals surface area (Å²) >= 11 is 3.50. The Bertz CT molecular complexity index is 852. The van der Waals surface area contributed by atoms with Crippen molar-refractivity contribution >= 4 is 27.7 Å². The van der Waals surface area contributed by atoms with E-state index in [4.69, 9.17) is 4.74 Å². The molecule has 2 amide bonds. The van der Waals surface area contributed by atoms with E-state index in [1.807, 2.05) is 56.3 Å². The average molecular weight is 475 g/mol. The fraction of sp³-hybridized carbons (Fsp3) is 0.417. The van der Waals surface area contributed by atoms with Gasteiger partial charge in [0.05, 0.1) is 4.47 Å². The second kappa shape index (κ2) is 11.7. The Labute approximate surface area is 187 Å². The molecular weight excluding hydrogens is 444 g/mol. The molecule has 1 atom stereocenters. The van der Waals surface area contributed by atoms with Crippen LogP contribution in [0.3, 0.4) is 0 Å². The molecule has 0 bridgehead atoms. The van der Waals surface area contributed by atoms with E-state index in [0.29, 0.717) is 18.8 Å². The van der Waals surface area contributed by atoms with Crippen LogP contribution in [0.15, 0.2) is 46.9 Å². The zero-order chi connectivity index (χ0) is 22.1. The smallest absolute Gasteiger partial charge is 0.261 e. The van der Waals surface area contributed by atoms with E-state index in [0.717, 1.165) is 28.4 Å². The average Bonchev–Trinajstić information content (AvgIpc) is 2.75. The number of rotatable bonds is 10. The first-order valence-electron chi connectivity index (χ1n) is 10.4. The predicted octanol–water partition coefficient (Wildman–Crippen LogP) is 4.64. The van der Waals surface area contributed by atoms with Crippen LogP contribution < -0.4 is 10.1 Å². The van der Waals surface area contributed by atoms with Gasteiger partial charge in [-0.2, -0.15) is 0 Å². The fourth-order valence-electron chi connectivity index (χ4n) is 2.97. The van der Waals surface area contributed by atoms with Gasteiger partial charge in [-0.1, -0.05) is 49.7 Å². The summed E-state index contributed by atoms with van der Waals surface area (Å²) in [5, 5.41) is 2.88. The highest BCUT2D eigenvalue weighted by molar-refractivity contribution is 9.10. The summed E-state index contributed by atoms with van der Waals surface area (Å²) < 4.78 is 6.59. The van der Waals surface area contributed by atoms with E-state index >= 15 is 0 Å². The van der Waals surface area contributed by atoms with Crippen molar-refractivity contribution in [3.8, 4) is 5.75 Å². The number of nitrogens with zero attached hydrogens (tertiary/aromatic N) is 1. The highest BCUT2D eigenvalue weighted by Crippen LogP contribution is 2.26. The number of nitrogens with one attached hydrogen (secondary N) is 1. The molecule has 0 saturated carbocycles. The van der Waals surface area contributed by atoms with Gasteiger partial charge in [0, 0.05) is 13.1 Å². The van der Waals surface area contributed by atoms with E-state index < -0.39 is 6.04 Å². The number of ether oxygens (including phenoxy) is 1. The maximum absolute atomic E-state index is 13.0. The molecule has 162 valence electrons. The largest absolute Gasteiger partial charge is 0.483 e. The molecule has 1 N–H and O–H groups in total. The minimum Gasteiger partial charge on any atom is -0.483 e. The number of carbonyl (C=O) groups excluding carboxylic acids is 2. The van der Waals surface area contributed by atoms with Gasteiger partial charge < -0.3 is 15.0 Å². The van der Waals surface area contributed by atoms with Gasteiger partial charge in [-0.15, -0.1) is 0 Å². The van der Waals surface area contributed by atoms with Crippen molar-refractivity contribution in [2.45, 2.75) is 53.1 Å². The lowest BCUT2D eigenvalue weighted by molar-refractivity contribution is -0.142. The quantitative estimate of drug-likeness (QED) is 0.545. The second-order valence-corrected chi connectivity index (χ2v) is 8.24. The molecule has 2 rings (SSSR count). The first-order chi connectivity index (χ1) is 14.3. The van der Waals surface area contributed by atoms with Gasteiger partial charge in [-0.3, -0.25) is 9.59 Å². The molecule has 0 fully saturated rings. The molecule has 2 aromatic rings. The van der Waals surface area contributed by atoms with Crippen LogP contribution in [0.5, 0.6) is 5.75 Å². The van der Waals surface area contributed by atoms with Gasteiger partial charge in [0.2, 0.25) is 5.91 Å². The van der Waals surface area contributed by atoms with E-state index in [1.54, 1.807) is 11.8 Å². The molecule has 0 saturated heterocycles. The summed E-state index contributed by atoms with van der Waals surface area (Å²) in [4.78, 5) is 27.2. The standard InChI is InChI=1S/C24H31BrN2O3/c1-5-13-26-24(29)18(4)27(15-20-9-7-17(3)8-10-20)23(28)16-30-22-12-11-19(6-2)14-21(22)25/h7-12,14,18H,5-6,13,15-16H2,1-4H3,(H,26,29)/t18-/m1/s1. The van der Waals surface area contributed by atoms with Gasteiger partial charge >= 0.3 is 0 Å². The molecule has 0 aliphatic heterocycles. The number of hydrogen-bond acceptors (Lipinski definition) is 3. The van der Waals surface area contributed by atoms with Gasteiger partial charge in [0.25, 0.3) is 5.91 Å². The highest BCUT2D eigenvalue weighted by atomic mass is 79.9. The second-order valence-electron chi connectivity index (χ2n) is 7.38. The molecule has 5 nitrogen and oxygen atoms in total. The van der Waals surface area contributed by atoms with Crippen LogP contribution in [0.2, 0.25) is 0 Å². The van der Waals surface area contributed by atoms with Gasteiger partial charge in [-0.05, 0) is 65.9 Å². The zero-order valence-electron chi connectivity index (χ0n) is 18.2. The van der Waals surface area contributed by atoms with Crippen LogP contribution >= 0.6 is 15.9 Å². The fourth-order valence-corrected chi connectivity index (χ4v) is 3.51. The van der Waals surface area contributed by atoms with Crippen molar-refractivity contribution in [2.75, 3.05) is 13.2 Å². The van der Waals surface area contributed by atoms with Crippen LogP contribution in [0.25, 0.3) is 0 Å². The van der Waals surface area contributed by atoms with Crippen molar-refractivity contribution < 1.29 is 14.3 Å². The lowest BCUT2D eigenvalue weighted by Crippen LogP contribution is -2.49. The van der Waals surface area contributed by atoms with Crippen molar-refractivity contribution in [1.29, 1.82) is 0 Å². The number of aryl methyl sites for hydroxylation is 2. The minimum absolute atomic E-state index is 0.138. The molecule has 2 aromatic carbocycles. The summed E-state index contributed by atoms with van der Waals surface area (Å²) in [5.41, 5.74) is 3.30. The summed E-state index contributed by atoms with van der Waals surface area (Å²) in [6.07, 6.45) is 1.77. The van der Waals surface area contributed by atoms with Crippen LogP contribution in [-0.2, 0) is 22.6 Å². The zero-order valence-corrected chi connectivity index (χ0v) is 19.8. The third kappa shape index (κ3) is 6.87. The maximum atomic E-state index is 13.0. The maximum Gasteiger partial charge on any atom is 0.261 e. The summed E-state index contributed by atoms with van der Waals surface area (Å²) in [5.74, 6) is 0.214. The molecule has 0 spiro atoms. The number of halogens is 1. The molecule has 0 aromatic heterocycles.